The molecule has 0 heterocycles. The molecule has 2 fully saturated rings. The quantitative estimate of drug-likeness (QED) is 0.753. The van der Waals surface area contributed by atoms with Gasteiger partial charge in [-0.2, -0.15) is 0 Å². The Morgan fingerprint density at radius 1 is 1.00 bits per heavy atom. The molecule has 2 nitrogen and oxygen atoms in total. The lowest BCUT2D eigenvalue weighted by atomic mass is 9.69. The van der Waals surface area contributed by atoms with Crippen molar-refractivity contribution < 1.29 is 9.46 Å². The third-order valence-electron chi connectivity index (χ3n) is 5.17. The molecule has 18 heavy (non-hydrogen) atoms. The lowest BCUT2D eigenvalue weighted by Gasteiger charge is -2.46. The van der Waals surface area contributed by atoms with Crippen LogP contribution in [0.3, 0.4) is 0 Å². The van der Waals surface area contributed by atoms with Crippen molar-refractivity contribution in [3.05, 3.63) is 0 Å². The average molecular weight is 290 g/mol. The van der Waals surface area contributed by atoms with Crippen LogP contribution in [0.5, 0.6) is 0 Å². The molecular formula is C14H27O2PS. The molecule has 0 aromatic heterocycles. The van der Waals surface area contributed by atoms with Crippen molar-refractivity contribution in [2.45, 2.75) is 70.0 Å². The van der Waals surface area contributed by atoms with Gasteiger partial charge < -0.3 is 4.89 Å². The highest BCUT2D eigenvalue weighted by atomic mass is 32.7. The summed E-state index contributed by atoms with van der Waals surface area (Å²) in [7, 11) is -2.40. The van der Waals surface area contributed by atoms with Gasteiger partial charge in [-0.3, -0.25) is 4.57 Å². The Balaban J connectivity index is 2.07. The first kappa shape index (κ1) is 14.9. The van der Waals surface area contributed by atoms with Crippen molar-refractivity contribution in [3.8, 4) is 0 Å². The summed E-state index contributed by atoms with van der Waals surface area (Å²) in [5.41, 5.74) is 0. The molecule has 0 aromatic rings. The lowest BCUT2D eigenvalue weighted by molar-refractivity contribution is 0.182. The maximum Gasteiger partial charge on any atom is 0.244 e. The van der Waals surface area contributed by atoms with E-state index in [1.807, 2.05) is 0 Å². The van der Waals surface area contributed by atoms with E-state index in [0.29, 0.717) is 5.92 Å². The standard InChI is InChI=1S/C14H27O2PS/c1-11-3-5-13(6-4-11)14(18-17(15)16)9-7-12(2)8-10-14/h11-13,17H,3-10H2,1-2H3,(H,15,16). The fourth-order valence-corrected chi connectivity index (χ4v) is 7.15. The molecule has 1 unspecified atom stereocenters. The minimum Gasteiger partial charge on any atom is -0.339 e. The molecule has 0 bridgehead atoms. The van der Waals surface area contributed by atoms with Crippen molar-refractivity contribution in [1.29, 1.82) is 0 Å². The fourth-order valence-electron chi connectivity index (χ4n) is 3.80. The molecule has 2 aliphatic rings. The number of hydrogen-bond acceptors (Lipinski definition) is 2. The lowest BCUT2D eigenvalue weighted by Crippen LogP contribution is -2.39. The van der Waals surface area contributed by atoms with E-state index < -0.39 is 7.23 Å². The van der Waals surface area contributed by atoms with E-state index in [4.69, 9.17) is 0 Å². The van der Waals surface area contributed by atoms with E-state index in [-0.39, 0.29) is 4.75 Å². The van der Waals surface area contributed by atoms with Gasteiger partial charge in [-0.1, -0.05) is 38.1 Å². The highest BCUT2D eigenvalue weighted by molar-refractivity contribution is 8.50. The Morgan fingerprint density at radius 3 is 2.00 bits per heavy atom. The first-order valence-corrected chi connectivity index (χ1v) is 10.3. The van der Waals surface area contributed by atoms with Crippen LogP contribution in [0.25, 0.3) is 0 Å². The van der Waals surface area contributed by atoms with Gasteiger partial charge in [0.25, 0.3) is 0 Å². The highest BCUT2D eigenvalue weighted by Gasteiger charge is 2.43. The maximum atomic E-state index is 11.4. The molecule has 2 saturated carbocycles. The van der Waals surface area contributed by atoms with E-state index in [1.54, 1.807) is 0 Å². The van der Waals surface area contributed by atoms with Gasteiger partial charge in [-0.05, 0) is 56.3 Å². The highest BCUT2D eigenvalue weighted by Crippen LogP contribution is 2.58. The van der Waals surface area contributed by atoms with Crippen molar-refractivity contribution in [3.63, 3.8) is 0 Å². The summed E-state index contributed by atoms with van der Waals surface area (Å²) in [5.74, 6) is 2.35. The third kappa shape index (κ3) is 3.55. The summed E-state index contributed by atoms with van der Waals surface area (Å²) in [4.78, 5) is 9.43. The van der Waals surface area contributed by atoms with E-state index in [9.17, 15) is 9.46 Å². The minimum absolute atomic E-state index is 0.136. The van der Waals surface area contributed by atoms with Crippen LogP contribution >= 0.6 is 18.6 Å². The van der Waals surface area contributed by atoms with Gasteiger partial charge in [0.15, 0.2) is 0 Å². The maximum absolute atomic E-state index is 11.4. The Hall–Kier alpha value is 0.540. The molecule has 0 spiro atoms. The summed E-state index contributed by atoms with van der Waals surface area (Å²) >= 11 is 1.43. The molecule has 1 atom stereocenters. The summed E-state index contributed by atoms with van der Waals surface area (Å²) in [6, 6.07) is 0. The van der Waals surface area contributed by atoms with E-state index in [1.165, 1.54) is 49.9 Å². The van der Waals surface area contributed by atoms with Gasteiger partial charge in [0, 0.05) is 4.75 Å². The molecule has 2 rings (SSSR count). The van der Waals surface area contributed by atoms with Crippen LogP contribution in [0.15, 0.2) is 0 Å². The Labute approximate surface area is 116 Å². The first-order valence-electron chi connectivity index (χ1n) is 7.44. The van der Waals surface area contributed by atoms with Crippen LogP contribution in [-0.2, 0) is 4.57 Å². The third-order valence-corrected chi connectivity index (χ3v) is 8.24. The first-order chi connectivity index (χ1) is 8.52. The Bertz CT molecular complexity index is 292. The van der Waals surface area contributed by atoms with Crippen LogP contribution in [0, 0.1) is 17.8 Å². The van der Waals surface area contributed by atoms with Crippen LogP contribution in [0.4, 0.5) is 0 Å². The van der Waals surface area contributed by atoms with Crippen LogP contribution in [0.2, 0.25) is 0 Å². The molecule has 0 aliphatic heterocycles. The normalized spacial score (nSPS) is 43.6. The minimum atomic E-state index is -2.40. The summed E-state index contributed by atoms with van der Waals surface area (Å²) in [6.07, 6.45) is 9.99. The Kier molecular flexibility index (Phi) is 5.25. The predicted octanol–water partition coefficient (Wildman–Crippen LogP) is 4.88. The predicted molar refractivity (Wildman–Crippen MR) is 80.3 cm³/mol. The molecule has 0 aromatic carbocycles. The van der Waals surface area contributed by atoms with E-state index in [0.717, 1.165) is 24.7 Å². The SMILES string of the molecule is CC1CCC(C2(S[PH](=O)O)CCC(C)CC2)CC1. The zero-order valence-electron chi connectivity index (χ0n) is 11.7. The van der Waals surface area contributed by atoms with Crippen molar-refractivity contribution >= 4 is 18.6 Å². The van der Waals surface area contributed by atoms with E-state index in [2.05, 4.69) is 13.8 Å². The molecule has 106 valence electrons. The Morgan fingerprint density at radius 2 is 1.50 bits per heavy atom. The molecule has 0 amide bonds. The fraction of sp³-hybridized carbons (Fsp3) is 1.00. The van der Waals surface area contributed by atoms with E-state index >= 15 is 0 Å². The molecule has 4 heteroatoms. The van der Waals surface area contributed by atoms with Gasteiger partial charge in [-0.15, -0.1) is 0 Å². The van der Waals surface area contributed by atoms with Gasteiger partial charge in [-0.25, -0.2) is 0 Å². The molecule has 1 N–H and O–H groups in total. The van der Waals surface area contributed by atoms with Crippen LogP contribution in [-0.4, -0.2) is 9.64 Å². The van der Waals surface area contributed by atoms with Gasteiger partial charge in [0.05, 0.1) is 0 Å². The van der Waals surface area contributed by atoms with Crippen molar-refractivity contribution in [1.82, 2.24) is 0 Å². The summed E-state index contributed by atoms with van der Waals surface area (Å²) in [6.45, 7) is 4.66. The zero-order chi connectivity index (χ0) is 13.2. The molecule has 2 aliphatic carbocycles. The second kappa shape index (κ2) is 6.33. The average Bonchev–Trinajstić information content (AvgIpc) is 2.33. The number of hydrogen-bond donors (Lipinski definition) is 1. The second-order valence-corrected chi connectivity index (χ2v) is 9.78. The largest absolute Gasteiger partial charge is 0.339 e. The second-order valence-electron chi connectivity index (χ2n) is 6.57. The summed E-state index contributed by atoms with van der Waals surface area (Å²) < 4.78 is 11.5. The van der Waals surface area contributed by atoms with Crippen LogP contribution in [0.1, 0.15) is 65.2 Å². The summed E-state index contributed by atoms with van der Waals surface area (Å²) in [5, 5.41) is 0. The van der Waals surface area contributed by atoms with Gasteiger partial charge in [0.2, 0.25) is 7.23 Å². The molecule has 0 radical (unpaired) electrons. The van der Waals surface area contributed by atoms with Gasteiger partial charge >= 0.3 is 0 Å². The molecular weight excluding hydrogens is 263 g/mol. The smallest absolute Gasteiger partial charge is 0.244 e. The van der Waals surface area contributed by atoms with Gasteiger partial charge in [0.1, 0.15) is 0 Å². The van der Waals surface area contributed by atoms with Crippen molar-refractivity contribution in [2.24, 2.45) is 17.8 Å². The zero-order valence-corrected chi connectivity index (χ0v) is 13.5. The number of rotatable bonds is 3. The topological polar surface area (TPSA) is 37.3 Å². The van der Waals surface area contributed by atoms with Crippen LogP contribution < -0.4 is 0 Å². The monoisotopic (exact) mass is 290 g/mol. The molecule has 0 saturated heterocycles. The van der Waals surface area contributed by atoms with Crippen molar-refractivity contribution in [2.75, 3.05) is 0 Å².